The summed E-state index contributed by atoms with van der Waals surface area (Å²) in [5, 5.41) is 14.5. The number of rotatable bonds is 6. The molecule has 4 heterocycles. The van der Waals surface area contributed by atoms with Crippen molar-refractivity contribution in [1.29, 1.82) is 0 Å². The fourth-order valence-corrected chi connectivity index (χ4v) is 5.57. The van der Waals surface area contributed by atoms with Gasteiger partial charge in [-0.05, 0) is 31.0 Å². The molecule has 186 valence electrons. The molecule has 0 spiro atoms. The van der Waals surface area contributed by atoms with Crippen LogP contribution < -0.4 is 15.0 Å². The Morgan fingerprint density at radius 2 is 1.81 bits per heavy atom. The predicted octanol–water partition coefficient (Wildman–Crippen LogP) is 4.49. The predicted molar refractivity (Wildman–Crippen MR) is 140 cm³/mol. The number of ether oxygens (including phenoxy) is 2. The maximum atomic E-state index is 10.3. The molecule has 2 atom stereocenters. The second-order valence-electron chi connectivity index (χ2n) is 9.10. The number of anilines is 2. The van der Waals surface area contributed by atoms with E-state index in [4.69, 9.17) is 14.5 Å². The van der Waals surface area contributed by atoms with E-state index in [0.29, 0.717) is 24.9 Å². The SMILES string of the molecule is O[C@@H]1CCCC[C@H]1Nc1nc2ccc(Oc3ccnc(-c4cnc(N5CCOCC5)nc4)c3)cc2s1. The van der Waals surface area contributed by atoms with E-state index < -0.39 is 0 Å². The van der Waals surface area contributed by atoms with E-state index in [9.17, 15) is 5.11 Å². The normalized spacial score (nSPS) is 20.4. The van der Waals surface area contributed by atoms with E-state index in [1.54, 1.807) is 29.9 Å². The molecule has 10 heteroatoms. The summed E-state index contributed by atoms with van der Waals surface area (Å²) in [6.07, 6.45) is 9.04. The van der Waals surface area contributed by atoms with Crippen molar-refractivity contribution in [2.45, 2.75) is 37.8 Å². The van der Waals surface area contributed by atoms with Gasteiger partial charge in [0.15, 0.2) is 5.13 Å². The average molecular weight is 505 g/mol. The third kappa shape index (κ3) is 5.11. The van der Waals surface area contributed by atoms with Crippen LogP contribution in [0.15, 0.2) is 48.9 Å². The molecular weight excluding hydrogens is 476 g/mol. The number of fused-ring (bicyclic) bond motifs is 1. The Balaban J connectivity index is 1.15. The molecule has 0 amide bonds. The lowest BCUT2D eigenvalue weighted by atomic mass is 9.93. The number of morpholine rings is 1. The fraction of sp³-hybridized carbons (Fsp3) is 0.385. The molecule has 1 aliphatic heterocycles. The van der Waals surface area contributed by atoms with Gasteiger partial charge in [-0.2, -0.15) is 0 Å². The van der Waals surface area contributed by atoms with E-state index in [0.717, 1.165) is 71.1 Å². The Morgan fingerprint density at radius 3 is 2.64 bits per heavy atom. The summed E-state index contributed by atoms with van der Waals surface area (Å²) in [6, 6.07) is 9.67. The molecule has 1 aromatic carbocycles. The molecule has 1 saturated heterocycles. The van der Waals surface area contributed by atoms with Crippen LogP contribution in [0.4, 0.5) is 11.1 Å². The highest BCUT2D eigenvalue weighted by Crippen LogP contribution is 2.33. The van der Waals surface area contributed by atoms with Gasteiger partial charge in [-0.15, -0.1) is 0 Å². The first-order valence-electron chi connectivity index (χ1n) is 12.4. The van der Waals surface area contributed by atoms with Crippen LogP contribution in [0.1, 0.15) is 25.7 Å². The van der Waals surface area contributed by atoms with Crippen molar-refractivity contribution in [3.8, 4) is 22.8 Å². The Hall–Kier alpha value is -3.34. The summed E-state index contributed by atoms with van der Waals surface area (Å²) in [5.74, 6) is 2.12. The minimum absolute atomic E-state index is 0.0668. The van der Waals surface area contributed by atoms with Crippen LogP contribution in [-0.4, -0.2) is 63.5 Å². The van der Waals surface area contributed by atoms with Gasteiger partial charge in [0.25, 0.3) is 0 Å². The largest absolute Gasteiger partial charge is 0.457 e. The summed E-state index contributed by atoms with van der Waals surface area (Å²) in [7, 11) is 0. The van der Waals surface area contributed by atoms with Crippen molar-refractivity contribution in [3.63, 3.8) is 0 Å². The summed E-state index contributed by atoms with van der Waals surface area (Å²) in [6.45, 7) is 2.98. The quantitative estimate of drug-likeness (QED) is 0.393. The molecule has 0 unspecified atom stereocenters. The number of nitrogens with one attached hydrogen (secondary N) is 1. The first-order valence-corrected chi connectivity index (χ1v) is 13.2. The molecular formula is C26H28N6O3S. The molecule has 6 rings (SSSR count). The van der Waals surface area contributed by atoms with Crippen LogP contribution >= 0.6 is 11.3 Å². The Kier molecular flexibility index (Phi) is 6.63. The number of thiazole rings is 1. The highest BCUT2D eigenvalue weighted by atomic mass is 32.1. The van der Waals surface area contributed by atoms with Gasteiger partial charge in [0, 0.05) is 49.4 Å². The van der Waals surface area contributed by atoms with Crippen molar-refractivity contribution < 1.29 is 14.6 Å². The number of nitrogens with zero attached hydrogens (tertiary/aromatic N) is 5. The number of benzene rings is 1. The zero-order valence-electron chi connectivity index (χ0n) is 19.8. The molecule has 36 heavy (non-hydrogen) atoms. The molecule has 2 N–H and O–H groups in total. The van der Waals surface area contributed by atoms with Crippen molar-refractivity contribution >= 4 is 32.6 Å². The van der Waals surface area contributed by atoms with E-state index in [1.807, 2.05) is 30.3 Å². The molecule has 0 bridgehead atoms. The van der Waals surface area contributed by atoms with Crippen molar-refractivity contribution in [1.82, 2.24) is 19.9 Å². The Morgan fingerprint density at radius 1 is 1.00 bits per heavy atom. The first-order chi connectivity index (χ1) is 17.7. The molecule has 0 radical (unpaired) electrons. The number of aliphatic hydroxyl groups is 1. The number of aliphatic hydroxyl groups excluding tert-OH is 1. The smallest absolute Gasteiger partial charge is 0.225 e. The Labute approximate surface area is 213 Å². The molecule has 1 aliphatic carbocycles. The monoisotopic (exact) mass is 504 g/mol. The zero-order chi connectivity index (χ0) is 24.3. The summed E-state index contributed by atoms with van der Waals surface area (Å²) in [5.41, 5.74) is 2.49. The second kappa shape index (κ2) is 10.3. The number of hydrogen-bond acceptors (Lipinski definition) is 10. The van der Waals surface area contributed by atoms with Crippen molar-refractivity contribution in [3.05, 3.63) is 48.9 Å². The van der Waals surface area contributed by atoms with Gasteiger partial charge in [-0.1, -0.05) is 24.2 Å². The zero-order valence-corrected chi connectivity index (χ0v) is 20.7. The van der Waals surface area contributed by atoms with E-state index in [-0.39, 0.29) is 12.1 Å². The van der Waals surface area contributed by atoms with Gasteiger partial charge in [0.1, 0.15) is 11.5 Å². The van der Waals surface area contributed by atoms with Gasteiger partial charge < -0.3 is 24.8 Å². The van der Waals surface area contributed by atoms with Crippen LogP contribution in [0.2, 0.25) is 0 Å². The van der Waals surface area contributed by atoms with Crippen molar-refractivity contribution in [2.75, 3.05) is 36.5 Å². The van der Waals surface area contributed by atoms with Gasteiger partial charge in [0.05, 0.1) is 41.3 Å². The number of aromatic nitrogens is 4. The van der Waals surface area contributed by atoms with Crippen LogP contribution in [0.3, 0.4) is 0 Å². The minimum atomic E-state index is -0.313. The van der Waals surface area contributed by atoms with Gasteiger partial charge >= 0.3 is 0 Å². The molecule has 3 aromatic heterocycles. The Bertz CT molecular complexity index is 1330. The molecule has 2 aliphatic rings. The summed E-state index contributed by atoms with van der Waals surface area (Å²) < 4.78 is 12.6. The van der Waals surface area contributed by atoms with Crippen LogP contribution in [0.25, 0.3) is 21.5 Å². The third-order valence-electron chi connectivity index (χ3n) is 6.59. The van der Waals surface area contributed by atoms with Gasteiger partial charge in [0.2, 0.25) is 5.95 Å². The van der Waals surface area contributed by atoms with Gasteiger partial charge in [-0.25, -0.2) is 15.0 Å². The number of hydrogen-bond donors (Lipinski definition) is 2. The molecule has 4 aromatic rings. The van der Waals surface area contributed by atoms with E-state index >= 15 is 0 Å². The summed E-state index contributed by atoms with van der Waals surface area (Å²) >= 11 is 1.58. The lowest BCUT2D eigenvalue weighted by Crippen LogP contribution is -2.37. The fourth-order valence-electron chi connectivity index (χ4n) is 4.62. The molecule has 2 fully saturated rings. The molecule has 9 nitrogen and oxygen atoms in total. The highest BCUT2D eigenvalue weighted by molar-refractivity contribution is 7.22. The topological polar surface area (TPSA) is 106 Å². The average Bonchev–Trinajstić information content (AvgIpc) is 3.32. The first kappa shape index (κ1) is 23.1. The molecule has 1 saturated carbocycles. The second-order valence-corrected chi connectivity index (χ2v) is 10.1. The highest BCUT2D eigenvalue weighted by Gasteiger charge is 2.23. The lowest BCUT2D eigenvalue weighted by molar-refractivity contribution is 0.116. The van der Waals surface area contributed by atoms with Crippen molar-refractivity contribution in [2.24, 2.45) is 0 Å². The standard InChI is InChI=1S/C26H28N6O3S/c33-23-4-2-1-3-20(23)30-26-31-21-6-5-18(14-24(21)36-26)35-19-7-8-27-22(13-19)17-15-28-25(29-16-17)32-9-11-34-12-10-32/h5-8,13-16,20,23,33H,1-4,9-12H2,(H,30,31)/t20-,23-/m1/s1. The maximum absolute atomic E-state index is 10.3. The lowest BCUT2D eigenvalue weighted by Gasteiger charge is -2.27. The minimum Gasteiger partial charge on any atom is -0.457 e. The van der Waals surface area contributed by atoms with Gasteiger partial charge in [-0.3, -0.25) is 4.98 Å². The van der Waals surface area contributed by atoms with E-state index in [2.05, 4.69) is 25.2 Å². The number of pyridine rings is 1. The van der Waals surface area contributed by atoms with Crippen LogP contribution in [0, 0.1) is 0 Å². The summed E-state index contributed by atoms with van der Waals surface area (Å²) in [4.78, 5) is 20.3. The van der Waals surface area contributed by atoms with Crippen LogP contribution in [-0.2, 0) is 4.74 Å². The van der Waals surface area contributed by atoms with Crippen LogP contribution in [0.5, 0.6) is 11.5 Å². The van der Waals surface area contributed by atoms with E-state index in [1.165, 1.54) is 0 Å². The maximum Gasteiger partial charge on any atom is 0.225 e. The third-order valence-corrected chi connectivity index (χ3v) is 7.54.